The van der Waals surface area contributed by atoms with Crippen molar-refractivity contribution in [2.24, 2.45) is 10.7 Å². The van der Waals surface area contributed by atoms with Crippen LogP contribution in [0.3, 0.4) is 0 Å². The number of guanidine groups is 1. The summed E-state index contributed by atoms with van der Waals surface area (Å²) in [7, 11) is 0. The summed E-state index contributed by atoms with van der Waals surface area (Å²) in [4.78, 5) is 7.08. The maximum atomic E-state index is 6.09. The van der Waals surface area contributed by atoms with Crippen molar-refractivity contribution in [2.45, 2.75) is 37.5 Å². The van der Waals surface area contributed by atoms with Gasteiger partial charge in [-0.25, -0.2) is 0 Å². The van der Waals surface area contributed by atoms with Gasteiger partial charge in [0.05, 0.1) is 6.54 Å². The molecule has 0 radical (unpaired) electrons. The van der Waals surface area contributed by atoms with Gasteiger partial charge < -0.3 is 11.1 Å². The number of likely N-dealkylation sites (tertiary alicyclic amines) is 1. The van der Waals surface area contributed by atoms with E-state index in [1.54, 1.807) is 0 Å². The molecule has 2 aliphatic heterocycles. The number of nitrogens with zero attached hydrogens (tertiary/aromatic N) is 2. The second kappa shape index (κ2) is 8.06. The van der Waals surface area contributed by atoms with Crippen molar-refractivity contribution in [3.8, 4) is 0 Å². The molecule has 0 aliphatic carbocycles. The molecule has 2 aliphatic rings. The fraction of sp³-hybridized carbons (Fsp3) is 0.611. The highest BCUT2D eigenvalue weighted by Gasteiger charge is 2.23. The van der Waals surface area contributed by atoms with Gasteiger partial charge in [0.25, 0.3) is 0 Å². The molecule has 0 aromatic heterocycles. The zero-order valence-corrected chi connectivity index (χ0v) is 14.8. The minimum Gasteiger partial charge on any atom is -0.370 e. The van der Waals surface area contributed by atoms with E-state index in [9.17, 15) is 0 Å². The lowest BCUT2D eigenvalue weighted by molar-refractivity contribution is 0.273. The van der Waals surface area contributed by atoms with Gasteiger partial charge in [0.1, 0.15) is 0 Å². The predicted molar refractivity (Wildman–Crippen MR) is 100 cm³/mol. The molecule has 0 saturated carbocycles. The highest BCUT2D eigenvalue weighted by Crippen LogP contribution is 2.35. The summed E-state index contributed by atoms with van der Waals surface area (Å²) < 4.78 is 0. The van der Waals surface area contributed by atoms with E-state index in [1.807, 2.05) is 11.8 Å². The van der Waals surface area contributed by atoms with Crippen molar-refractivity contribution in [1.82, 2.24) is 10.2 Å². The average Bonchev–Trinajstić information content (AvgIpc) is 3.05. The van der Waals surface area contributed by atoms with Crippen molar-refractivity contribution < 1.29 is 0 Å². The van der Waals surface area contributed by atoms with Crippen LogP contribution in [-0.2, 0) is 6.42 Å². The predicted octanol–water partition coefficient (Wildman–Crippen LogP) is 2.41. The van der Waals surface area contributed by atoms with Crippen LogP contribution in [0.25, 0.3) is 0 Å². The number of benzene rings is 1. The van der Waals surface area contributed by atoms with Crippen LogP contribution < -0.4 is 11.1 Å². The molecule has 126 valence electrons. The Morgan fingerprint density at radius 3 is 3.17 bits per heavy atom. The van der Waals surface area contributed by atoms with Crippen molar-refractivity contribution in [2.75, 3.05) is 31.9 Å². The van der Waals surface area contributed by atoms with Crippen LogP contribution in [0.15, 0.2) is 29.3 Å². The maximum absolute atomic E-state index is 6.09. The van der Waals surface area contributed by atoms with Crippen molar-refractivity contribution in [1.29, 1.82) is 0 Å². The first-order valence-electron chi connectivity index (χ1n) is 8.75. The highest BCUT2D eigenvalue weighted by molar-refractivity contribution is 7.99. The van der Waals surface area contributed by atoms with E-state index in [0.29, 0.717) is 17.3 Å². The summed E-state index contributed by atoms with van der Waals surface area (Å²) in [5.74, 6) is 1.78. The Balaban J connectivity index is 1.51. The topological polar surface area (TPSA) is 53.6 Å². The van der Waals surface area contributed by atoms with Crippen LogP contribution in [0.4, 0.5) is 0 Å². The normalized spacial score (nSPS) is 25.3. The van der Waals surface area contributed by atoms with Gasteiger partial charge in [-0.15, -0.1) is 0 Å². The Morgan fingerprint density at radius 1 is 1.43 bits per heavy atom. The molecule has 1 aromatic carbocycles. The van der Waals surface area contributed by atoms with Gasteiger partial charge in [0, 0.05) is 17.8 Å². The van der Waals surface area contributed by atoms with Gasteiger partial charge >= 0.3 is 0 Å². The molecule has 0 amide bonds. The van der Waals surface area contributed by atoms with Crippen molar-refractivity contribution >= 4 is 17.7 Å². The SMILES string of the molecule is CCN1CCCC1CN=C(N)NCC1SCCc2ccccc21. The molecule has 23 heavy (non-hydrogen) atoms. The van der Waals surface area contributed by atoms with Gasteiger partial charge in [-0.1, -0.05) is 31.2 Å². The van der Waals surface area contributed by atoms with Crippen LogP contribution >= 0.6 is 11.8 Å². The second-order valence-corrected chi connectivity index (χ2v) is 7.65. The number of aliphatic imine (C=N–C) groups is 1. The molecule has 5 heteroatoms. The van der Waals surface area contributed by atoms with Gasteiger partial charge in [-0.05, 0) is 49.2 Å². The zero-order chi connectivity index (χ0) is 16.1. The summed E-state index contributed by atoms with van der Waals surface area (Å²) in [5.41, 5.74) is 9.03. The number of hydrogen-bond donors (Lipinski definition) is 2. The zero-order valence-electron chi connectivity index (χ0n) is 14.0. The van der Waals surface area contributed by atoms with Crippen LogP contribution in [-0.4, -0.2) is 48.8 Å². The Hall–Kier alpha value is -1.20. The Kier molecular flexibility index (Phi) is 5.84. The molecule has 1 saturated heterocycles. The monoisotopic (exact) mass is 332 g/mol. The van der Waals surface area contributed by atoms with E-state index in [2.05, 4.69) is 46.4 Å². The first-order chi connectivity index (χ1) is 11.3. The van der Waals surface area contributed by atoms with Crippen LogP contribution in [0.2, 0.25) is 0 Å². The first-order valence-corrected chi connectivity index (χ1v) is 9.80. The number of likely N-dealkylation sites (N-methyl/N-ethyl adjacent to an activating group) is 1. The third-order valence-corrected chi connectivity index (χ3v) is 6.20. The summed E-state index contributed by atoms with van der Waals surface area (Å²) in [6, 6.07) is 9.34. The molecule has 3 N–H and O–H groups in total. The molecule has 0 bridgehead atoms. The first kappa shape index (κ1) is 16.7. The summed E-state index contributed by atoms with van der Waals surface area (Å²) in [5, 5.41) is 3.82. The summed E-state index contributed by atoms with van der Waals surface area (Å²) in [6.45, 7) is 6.23. The Morgan fingerprint density at radius 2 is 2.30 bits per heavy atom. The van der Waals surface area contributed by atoms with Gasteiger partial charge in [0.2, 0.25) is 0 Å². The molecular formula is C18H28N4S. The summed E-state index contributed by atoms with van der Waals surface area (Å²) >= 11 is 2.01. The maximum Gasteiger partial charge on any atom is 0.188 e. The third kappa shape index (κ3) is 4.21. The van der Waals surface area contributed by atoms with E-state index < -0.39 is 0 Å². The minimum atomic E-state index is 0.479. The number of aryl methyl sites for hydroxylation is 1. The van der Waals surface area contributed by atoms with E-state index in [4.69, 9.17) is 5.73 Å². The molecule has 0 spiro atoms. The number of nitrogens with one attached hydrogen (secondary N) is 1. The van der Waals surface area contributed by atoms with E-state index in [1.165, 1.54) is 42.7 Å². The molecule has 2 heterocycles. The average molecular weight is 333 g/mol. The van der Waals surface area contributed by atoms with Gasteiger partial charge in [-0.2, -0.15) is 11.8 Å². The number of thioether (sulfide) groups is 1. The molecule has 4 nitrogen and oxygen atoms in total. The number of hydrogen-bond acceptors (Lipinski definition) is 3. The molecule has 1 aromatic rings. The van der Waals surface area contributed by atoms with Gasteiger partial charge in [0.15, 0.2) is 5.96 Å². The highest BCUT2D eigenvalue weighted by atomic mass is 32.2. The number of rotatable bonds is 5. The smallest absolute Gasteiger partial charge is 0.188 e. The fourth-order valence-corrected chi connectivity index (χ4v) is 4.85. The minimum absolute atomic E-state index is 0.479. The molecular weight excluding hydrogens is 304 g/mol. The molecule has 3 rings (SSSR count). The van der Waals surface area contributed by atoms with Crippen molar-refractivity contribution in [3.63, 3.8) is 0 Å². The van der Waals surface area contributed by atoms with Crippen LogP contribution in [0.1, 0.15) is 36.1 Å². The van der Waals surface area contributed by atoms with Crippen LogP contribution in [0.5, 0.6) is 0 Å². The van der Waals surface area contributed by atoms with Gasteiger partial charge in [-0.3, -0.25) is 9.89 Å². The quantitative estimate of drug-likeness (QED) is 0.642. The van der Waals surface area contributed by atoms with Crippen molar-refractivity contribution in [3.05, 3.63) is 35.4 Å². The molecule has 1 fully saturated rings. The van der Waals surface area contributed by atoms with E-state index in [-0.39, 0.29) is 0 Å². The lowest BCUT2D eigenvalue weighted by Crippen LogP contribution is -2.37. The summed E-state index contributed by atoms with van der Waals surface area (Å²) in [6.07, 6.45) is 3.71. The molecule has 2 unspecified atom stereocenters. The van der Waals surface area contributed by atoms with E-state index >= 15 is 0 Å². The second-order valence-electron chi connectivity index (χ2n) is 6.34. The lowest BCUT2D eigenvalue weighted by atomic mass is 10.0. The van der Waals surface area contributed by atoms with E-state index in [0.717, 1.165) is 19.6 Å². The third-order valence-electron chi connectivity index (χ3n) is 4.94. The molecule has 2 atom stereocenters. The standard InChI is InChI=1S/C18H28N4S/c1-2-22-10-5-7-15(22)12-20-18(19)21-13-17-16-8-4-3-6-14(16)9-11-23-17/h3-4,6,8,15,17H,2,5,7,9-13H2,1H3,(H3,19,20,21). The Labute approximate surface area is 143 Å². The van der Waals surface area contributed by atoms with Crippen LogP contribution in [0, 0.1) is 0 Å². The number of nitrogens with two attached hydrogens (primary N) is 1. The fourth-order valence-electron chi connectivity index (χ4n) is 3.62. The largest absolute Gasteiger partial charge is 0.370 e. The lowest BCUT2D eigenvalue weighted by Gasteiger charge is -2.25. The number of fused-ring (bicyclic) bond motifs is 1. The Bertz CT molecular complexity index is 546.